The second-order valence-electron chi connectivity index (χ2n) is 5.93. The summed E-state index contributed by atoms with van der Waals surface area (Å²) in [6.45, 7) is 4.73. The topological polar surface area (TPSA) is 29.5 Å². The lowest BCUT2D eigenvalue weighted by atomic mass is 9.98. The molecule has 3 rings (SSSR count). The van der Waals surface area contributed by atoms with Crippen LogP contribution in [0.5, 0.6) is 0 Å². The maximum absolute atomic E-state index is 11.1. The first kappa shape index (κ1) is 12.7. The van der Waals surface area contributed by atoms with E-state index in [9.17, 15) is 4.79 Å². The van der Waals surface area contributed by atoms with Crippen LogP contribution in [0.3, 0.4) is 0 Å². The van der Waals surface area contributed by atoms with Gasteiger partial charge in [-0.2, -0.15) is 0 Å². The van der Waals surface area contributed by atoms with Gasteiger partial charge >= 0.3 is 5.97 Å². The molecule has 19 heavy (non-hydrogen) atoms. The van der Waals surface area contributed by atoms with Crippen molar-refractivity contribution < 1.29 is 9.53 Å². The average Bonchev–Trinajstić information content (AvgIpc) is 2.64. The van der Waals surface area contributed by atoms with Crippen molar-refractivity contribution in [2.45, 2.75) is 32.4 Å². The molecule has 3 heteroatoms. The average molecular weight is 259 g/mol. The van der Waals surface area contributed by atoms with Crippen molar-refractivity contribution in [3.8, 4) is 0 Å². The number of ether oxygens (including phenoxy) is 1. The molecule has 1 aromatic carbocycles. The summed E-state index contributed by atoms with van der Waals surface area (Å²) < 4.78 is 5.46. The van der Waals surface area contributed by atoms with Gasteiger partial charge in [0.1, 0.15) is 6.10 Å². The minimum absolute atomic E-state index is 0.132. The quantitative estimate of drug-likeness (QED) is 0.781. The van der Waals surface area contributed by atoms with Crippen molar-refractivity contribution in [2.24, 2.45) is 11.8 Å². The fraction of sp³-hybridized carbons (Fsp3) is 0.562. The third-order valence-electron chi connectivity index (χ3n) is 4.30. The van der Waals surface area contributed by atoms with Crippen molar-refractivity contribution in [3.05, 3.63) is 35.9 Å². The Morgan fingerprint density at radius 3 is 2.79 bits per heavy atom. The lowest BCUT2D eigenvalue weighted by Gasteiger charge is -2.32. The number of benzene rings is 1. The molecule has 1 aromatic rings. The van der Waals surface area contributed by atoms with Crippen LogP contribution in [0.15, 0.2) is 30.3 Å². The number of esters is 1. The lowest BCUT2D eigenvalue weighted by molar-refractivity contribution is -0.148. The highest BCUT2D eigenvalue weighted by Gasteiger charge is 2.41. The van der Waals surface area contributed by atoms with E-state index in [0.717, 1.165) is 26.1 Å². The van der Waals surface area contributed by atoms with Crippen LogP contribution in [-0.4, -0.2) is 30.1 Å². The van der Waals surface area contributed by atoms with Gasteiger partial charge in [0.25, 0.3) is 0 Å². The Hall–Kier alpha value is -1.35. The summed E-state index contributed by atoms with van der Waals surface area (Å²) in [5.74, 6) is 1.10. The standard InChI is InChI=1S/C16H21NO2/c1-12(18)19-16-8-14-7-15(16)11-17(10-14)9-13-5-3-2-4-6-13/h2-6,14-16H,7-11H2,1H3. The zero-order valence-corrected chi connectivity index (χ0v) is 11.4. The first-order valence-corrected chi connectivity index (χ1v) is 7.14. The number of hydrogen-bond donors (Lipinski definition) is 0. The summed E-state index contributed by atoms with van der Waals surface area (Å²) in [4.78, 5) is 13.6. The molecule has 0 N–H and O–H groups in total. The number of carbonyl (C=O) groups excluding carboxylic acids is 1. The van der Waals surface area contributed by atoms with E-state index < -0.39 is 0 Å². The van der Waals surface area contributed by atoms with Gasteiger partial charge in [0.15, 0.2) is 0 Å². The fourth-order valence-electron chi connectivity index (χ4n) is 3.64. The summed E-state index contributed by atoms with van der Waals surface area (Å²) in [5.41, 5.74) is 1.37. The van der Waals surface area contributed by atoms with Crippen LogP contribution >= 0.6 is 0 Å². The molecule has 2 fully saturated rings. The zero-order valence-electron chi connectivity index (χ0n) is 11.4. The van der Waals surface area contributed by atoms with Crippen molar-refractivity contribution >= 4 is 5.97 Å². The molecule has 3 unspecified atom stereocenters. The van der Waals surface area contributed by atoms with Crippen molar-refractivity contribution in [1.29, 1.82) is 0 Å². The lowest BCUT2D eigenvalue weighted by Crippen LogP contribution is -2.37. The number of piperidine rings is 1. The second kappa shape index (κ2) is 5.33. The first-order valence-electron chi connectivity index (χ1n) is 7.14. The summed E-state index contributed by atoms with van der Waals surface area (Å²) >= 11 is 0. The van der Waals surface area contributed by atoms with Crippen LogP contribution in [0.4, 0.5) is 0 Å². The van der Waals surface area contributed by atoms with Crippen LogP contribution in [0.1, 0.15) is 25.3 Å². The molecule has 1 aliphatic carbocycles. The molecular formula is C16H21NO2. The minimum atomic E-state index is -0.132. The molecule has 102 valence electrons. The number of likely N-dealkylation sites (tertiary alicyclic amines) is 1. The Morgan fingerprint density at radius 1 is 1.26 bits per heavy atom. The zero-order chi connectivity index (χ0) is 13.2. The highest BCUT2D eigenvalue weighted by Crippen LogP contribution is 2.38. The fourth-order valence-corrected chi connectivity index (χ4v) is 3.64. The molecule has 0 amide bonds. The SMILES string of the molecule is CC(=O)OC1CC2CC1CN(Cc1ccccc1)C2. The Kier molecular flexibility index (Phi) is 3.56. The molecule has 2 aliphatic rings. The molecule has 0 radical (unpaired) electrons. The van der Waals surface area contributed by atoms with Gasteiger partial charge in [-0.3, -0.25) is 9.69 Å². The molecule has 1 saturated heterocycles. The monoisotopic (exact) mass is 259 g/mol. The van der Waals surface area contributed by atoms with Crippen LogP contribution < -0.4 is 0 Å². The van der Waals surface area contributed by atoms with Crippen LogP contribution in [-0.2, 0) is 16.1 Å². The third kappa shape index (κ3) is 2.98. The minimum Gasteiger partial charge on any atom is -0.462 e. The summed E-state index contributed by atoms with van der Waals surface area (Å²) in [6, 6.07) is 10.6. The molecule has 1 heterocycles. The number of hydrogen-bond acceptors (Lipinski definition) is 3. The van der Waals surface area contributed by atoms with Gasteiger partial charge in [0.2, 0.25) is 0 Å². The maximum Gasteiger partial charge on any atom is 0.302 e. The summed E-state index contributed by atoms with van der Waals surface area (Å²) in [5, 5.41) is 0. The summed E-state index contributed by atoms with van der Waals surface area (Å²) in [7, 11) is 0. The van der Waals surface area contributed by atoms with Gasteiger partial charge in [0, 0.05) is 32.5 Å². The van der Waals surface area contributed by atoms with Gasteiger partial charge in [-0.25, -0.2) is 0 Å². The van der Waals surface area contributed by atoms with E-state index in [1.54, 1.807) is 0 Å². The van der Waals surface area contributed by atoms with Gasteiger partial charge in [-0.15, -0.1) is 0 Å². The van der Waals surface area contributed by atoms with E-state index in [2.05, 4.69) is 35.2 Å². The Labute approximate surface area is 114 Å². The van der Waals surface area contributed by atoms with E-state index >= 15 is 0 Å². The highest BCUT2D eigenvalue weighted by molar-refractivity contribution is 5.66. The molecule has 1 aliphatic heterocycles. The van der Waals surface area contributed by atoms with Gasteiger partial charge in [0.05, 0.1) is 0 Å². The van der Waals surface area contributed by atoms with E-state index in [1.165, 1.54) is 18.9 Å². The molecule has 0 aromatic heterocycles. The van der Waals surface area contributed by atoms with E-state index in [4.69, 9.17) is 4.74 Å². The first-order chi connectivity index (χ1) is 9.20. The van der Waals surface area contributed by atoms with Gasteiger partial charge in [-0.05, 0) is 24.3 Å². The molecule has 2 bridgehead atoms. The molecule has 3 nitrogen and oxygen atoms in total. The Balaban J connectivity index is 1.61. The van der Waals surface area contributed by atoms with Crippen molar-refractivity contribution in [1.82, 2.24) is 4.90 Å². The van der Waals surface area contributed by atoms with Crippen LogP contribution in [0.2, 0.25) is 0 Å². The number of fused-ring (bicyclic) bond motifs is 2. The molecule has 0 spiro atoms. The van der Waals surface area contributed by atoms with E-state index in [1.807, 2.05) is 0 Å². The largest absolute Gasteiger partial charge is 0.462 e. The van der Waals surface area contributed by atoms with Crippen LogP contribution in [0, 0.1) is 11.8 Å². The van der Waals surface area contributed by atoms with Gasteiger partial charge in [-0.1, -0.05) is 30.3 Å². The Bertz CT molecular complexity index is 445. The summed E-state index contributed by atoms with van der Waals surface area (Å²) in [6.07, 6.45) is 2.43. The van der Waals surface area contributed by atoms with Crippen molar-refractivity contribution in [2.75, 3.05) is 13.1 Å². The predicted molar refractivity (Wildman–Crippen MR) is 73.5 cm³/mol. The van der Waals surface area contributed by atoms with Crippen molar-refractivity contribution in [3.63, 3.8) is 0 Å². The molecule has 3 atom stereocenters. The third-order valence-corrected chi connectivity index (χ3v) is 4.30. The van der Waals surface area contributed by atoms with E-state index in [0.29, 0.717) is 11.8 Å². The maximum atomic E-state index is 11.1. The van der Waals surface area contributed by atoms with Gasteiger partial charge < -0.3 is 4.74 Å². The Morgan fingerprint density at radius 2 is 2.05 bits per heavy atom. The number of rotatable bonds is 3. The number of carbonyl (C=O) groups is 1. The highest BCUT2D eigenvalue weighted by atomic mass is 16.5. The van der Waals surface area contributed by atoms with E-state index in [-0.39, 0.29) is 12.1 Å². The van der Waals surface area contributed by atoms with Crippen LogP contribution in [0.25, 0.3) is 0 Å². The molecular weight excluding hydrogens is 238 g/mol. The molecule has 1 saturated carbocycles. The predicted octanol–water partition coefficient (Wildman–Crippen LogP) is 2.46. The second-order valence-corrected chi connectivity index (χ2v) is 5.93. The normalized spacial score (nSPS) is 30.3. The number of nitrogens with zero attached hydrogens (tertiary/aromatic N) is 1. The smallest absolute Gasteiger partial charge is 0.302 e.